The maximum Gasteiger partial charge on any atom is 0.156 e. The van der Waals surface area contributed by atoms with E-state index < -0.39 is 0 Å². The van der Waals surface area contributed by atoms with Crippen LogP contribution in [0.4, 0.5) is 11.5 Å². The van der Waals surface area contributed by atoms with Crippen LogP contribution in [0.25, 0.3) is 11.3 Å². The lowest BCUT2D eigenvalue weighted by Gasteiger charge is -2.36. The maximum absolute atomic E-state index is 6.49. The number of aromatic nitrogens is 2. The quantitative estimate of drug-likeness (QED) is 0.922. The number of nitrogens with zero attached hydrogens (tertiary/aromatic N) is 4. The number of hydrogen-bond donors (Lipinski definition) is 1. The maximum atomic E-state index is 6.49. The Morgan fingerprint density at radius 1 is 1.24 bits per heavy atom. The molecule has 1 aromatic heterocycles. The average molecular weight is 341 g/mol. The first-order valence-electron chi connectivity index (χ1n) is 8.69. The number of rotatable bonds is 4. The van der Waals surface area contributed by atoms with Crippen LogP contribution >= 0.6 is 0 Å². The molecule has 2 heterocycles. The third-order valence-corrected chi connectivity index (χ3v) is 4.95. The first-order valence-corrected chi connectivity index (χ1v) is 8.69. The molecule has 0 radical (unpaired) electrons. The molecule has 0 spiro atoms. The van der Waals surface area contributed by atoms with Crippen molar-refractivity contribution < 1.29 is 4.74 Å². The van der Waals surface area contributed by atoms with Crippen molar-refractivity contribution in [2.24, 2.45) is 0 Å². The number of hydrogen-bond acceptors (Lipinski definition) is 6. The summed E-state index contributed by atoms with van der Waals surface area (Å²) >= 11 is 0. The van der Waals surface area contributed by atoms with Gasteiger partial charge in [0, 0.05) is 18.7 Å². The van der Waals surface area contributed by atoms with Gasteiger partial charge >= 0.3 is 0 Å². The van der Waals surface area contributed by atoms with Crippen molar-refractivity contribution in [3.63, 3.8) is 0 Å². The Morgan fingerprint density at radius 3 is 2.64 bits per heavy atom. The van der Waals surface area contributed by atoms with Crippen molar-refractivity contribution in [2.75, 3.05) is 44.9 Å². The molecule has 0 saturated carbocycles. The van der Waals surface area contributed by atoms with Crippen LogP contribution in [0.2, 0.25) is 0 Å². The summed E-state index contributed by atoms with van der Waals surface area (Å²) in [5, 5.41) is 0. The summed E-state index contributed by atoms with van der Waals surface area (Å²) in [7, 11) is 5.91. The minimum Gasteiger partial charge on any atom is -0.497 e. The topological polar surface area (TPSA) is 67.5 Å². The molecule has 1 aliphatic heterocycles. The fourth-order valence-electron chi connectivity index (χ4n) is 3.38. The molecule has 134 valence electrons. The Kier molecular flexibility index (Phi) is 5.08. The largest absolute Gasteiger partial charge is 0.497 e. The summed E-state index contributed by atoms with van der Waals surface area (Å²) in [6, 6.07) is 8.27. The van der Waals surface area contributed by atoms with Crippen LogP contribution in [0.5, 0.6) is 5.75 Å². The second-order valence-corrected chi connectivity index (χ2v) is 6.73. The first-order chi connectivity index (χ1) is 12.0. The van der Waals surface area contributed by atoms with Gasteiger partial charge in [-0.15, -0.1) is 0 Å². The van der Waals surface area contributed by atoms with E-state index in [0.717, 1.165) is 54.6 Å². The van der Waals surface area contributed by atoms with Crippen LogP contribution in [0.3, 0.4) is 0 Å². The molecule has 1 fully saturated rings. The Balaban J connectivity index is 1.97. The number of aryl methyl sites for hydroxylation is 1. The summed E-state index contributed by atoms with van der Waals surface area (Å²) in [6.45, 7) is 4.11. The first kappa shape index (κ1) is 17.5. The molecule has 1 aliphatic rings. The molecule has 25 heavy (non-hydrogen) atoms. The molecule has 6 heteroatoms. The lowest BCUT2D eigenvalue weighted by molar-refractivity contribution is 0.252. The summed E-state index contributed by atoms with van der Waals surface area (Å²) in [6.07, 6.45) is 2.23. The lowest BCUT2D eigenvalue weighted by Crippen LogP contribution is -2.42. The van der Waals surface area contributed by atoms with Crippen molar-refractivity contribution in [3.8, 4) is 17.0 Å². The number of methoxy groups -OCH3 is 1. The number of ether oxygens (including phenoxy) is 1. The number of nitrogen functional groups attached to an aromatic ring is 1. The highest BCUT2D eigenvalue weighted by Crippen LogP contribution is 2.34. The minimum atomic E-state index is 0.450. The smallest absolute Gasteiger partial charge is 0.156 e. The number of piperidine rings is 1. The number of benzene rings is 1. The summed E-state index contributed by atoms with van der Waals surface area (Å²) in [5.74, 6) is 2.33. The van der Waals surface area contributed by atoms with Gasteiger partial charge in [0.15, 0.2) is 5.82 Å². The monoisotopic (exact) mass is 341 g/mol. The fraction of sp³-hybridized carbons (Fsp3) is 0.474. The van der Waals surface area contributed by atoms with E-state index in [-0.39, 0.29) is 0 Å². The van der Waals surface area contributed by atoms with Crippen molar-refractivity contribution in [3.05, 3.63) is 30.1 Å². The van der Waals surface area contributed by atoms with Crippen LogP contribution in [0.1, 0.15) is 18.7 Å². The van der Waals surface area contributed by atoms with Crippen LogP contribution < -0.4 is 15.4 Å². The molecule has 3 rings (SSSR count). The summed E-state index contributed by atoms with van der Waals surface area (Å²) < 4.78 is 5.33. The van der Waals surface area contributed by atoms with Crippen LogP contribution in [0, 0.1) is 6.92 Å². The van der Waals surface area contributed by atoms with Crippen molar-refractivity contribution in [2.45, 2.75) is 25.8 Å². The van der Waals surface area contributed by atoms with Gasteiger partial charge in [0.25, 0.3) is 0 Å². The van der Waals surface area contributed by atoms with Crippen LogP contribution in [-0.4, -0.2) is 55.2 Å². The molecule has 2 aromatic rings. The molecule has 1 saturated heterocycles. The van der Waals surface area contributed by atoms with E-state index in [2.05, 4.69) is 33.9 Å². The molecule has 0 amide bonds. The van der Waals surface area contributed by atoms with Gasteiger partial charge < -0.3 is 20.3 Å². The van der Waals surface area contributed by atoms with E-state index in [1.54, 1.807) is 7.11 Å². The molecule has 2 N–H and O–H groups in total. The molecule has 0 bridgehead atoms. The highest BCUT2D eigenvalue weighted by Gasteiger charge is 2.24. The van der Waals surface area contributed by atoms with E-state index in [1.807, 2.05) is 31.2 Å². The third-order valence-electron chi connectivity index (χ3n) is 4.95. The average Bonchev–Trinajstić information content (AvgIpc) is 2.63. The second kappa shape index (κ2) is 7.27. The van der Waals surface area contributed by atoms with Gasteiger partial charge in [0.2, 0.25) is 0 Å². The molecule has 0 aliphatic carbocycles. The number of likely N-dealkylation sites (tertiary alicyclic amines) is 1. The molecular weight excluding hydrogens is 314 g/mol. The molecule has 0 atom stereocenters. The van der Waals surface area contributed by atoms with E-state index in [0.29, 0.717) is 11.7 Å². The van der Waals surface area contributed by atoms with Crippen molar-refractivity contribution >= 4 is 11.5 Å². The Hall–Kier alpha value is -2.34. The Bertz CT molecular complexity index is 741. The zero-order valence-corrected chi connectivity index (χ0v) is 15.5. The highest BCUT2D eigenvalue weighted by molar-refractivity contribution is 5.81. The van der Waals surface area contributed by atoms with Gasteiger partial charge in [-0.25, -0.2) is 9.97 Å². The lowest BCUT2D eigenvalue weighted by atomic mass is 10.0. The molecular formula is C19H27N5O. The normalized spacial score (nSPS) is 16.0. The SMILES string of the molecule is COc1cccc(-c2nc(C)nc(N(C)C3CCN(C)CC3)c2N)c1. The molecule has 0 unspecified atom stereocenters. The van der Waals surface area contributed by atoms with Crippen LogP contribution in [-0.2, 0) is 0 Å². The summed E-state index contributed by atoms with van der Waals surface area (Å²) in [5.41, 5.74) is 8.83. The predicted molar refractivity (Wildman–Crippen MR) is 102 cm³/mol. The van der Waals surface area contributed by atoms with Gasteiger partial charge in [0.1, 0.15) is 17.3 Å². The Labute approximate surface area is 149 Å². The fourth-order valence-corrected chi connectivity index (χ4v) is 3.38. The minimum absolute atomic E-state index is 0.450. The van der Waals surface area contributed by atoms with Gasteiger partial charge in [-0.1, -0.05) is 12.1 Å². The van der Waals surface area contributed by atoms with Gasteiger partial charge in [0.05, 0.1) is 12.8 Å². The van der Waals surface area contributed by atoms with E-state index in [1.165, 1.54) is 0 Å². The third kappa shape index (κ3) is 3.69. The number of nitrogens with two attached hydrogens (primary N) is 1. The standard InChI is InChI=1S/C19H27N5O/c1-13-21-18(14-6-5-7-16(12-14)25-4)17(20)19(22-13)24(3)15-8-10-23(2)11-9-15/h5-7,12,15H,8-11,20H2,1-4H3. The van der Waals surface area contributed by atoms with Crippen molar-refractivity contribution in [1.29, 1.82) is 0 Å². The zero-order chi connectivity index (χ0) is 18.0. The predicted octanol–water partition coefficient (Wildman–Crippen LogP) is 2.57. The van der Waals surface area contributed by atoms with Crippen LogP contribution in [0.15, 0.2) is 24.3 Å². The zero-order valence-electron chi connectivity index (χ0n) is 15.5. The van der Waals surface area contributed by atoms with Gasteiger partial charge in [-0.05, 0) is 52.0 Å². The summed E-state index contributed by atoms with van der Waals surface area (Å²) in [4.78, 5) is 13.8. The van der Waals surface area contributed by atoms with E-state index in [4.69, 9.17) is 10.5 Å². The number of anilines is 2. The molecule has 1 aromatic carbocycles. The van der Waals surface area contributed by atoms with E-state index >= 15 is 0 Å². The highest BCUT2D eigenvalue weighted by atomic mass is 16.5. The molecule has 6 nitrogen and oxygen atoms in total. The van der Waals surface area contributed by atoms with E-state index in [9.17, 15) is 0 Å². The van der Waals surface area contributed by atoms with Crippen molar-refractivity contribution in [1.82, 2.24) is 14.9 Å². The second-order valence-electron chi connectivity index (χ2n) is 6.73. The Morgan fingerprint density at radius 2 is 1.96 bits per heavy atom. The van der Waals surface area contributed by atoms with Gasteiger partial charge in [-0.3, -0.25) is 0 Å². The van der Waals surface area contributed by atoms with Gasteiger partial charge in [-0.2, -0.15) is 0 Å².